The monoisotopic (exact) mass is 468 g/mol. The highest BCUT2D eigenvalue weighted by molar-refractivity contribution is 5.86. The molecular weight excluding hydrogens is 436 g/mol. The lowest BCUT2D eigenvalue weighted by Gasteiger charge is -2.22. The molecule has 2 aromatic carbocycles. The minimum Gasteiger partial charge on any atom is -0.497 e. The predicted molar refractivity (Wildman–Crippen MR) is 144 cm³/mol. The zero-order valence-electron chi connectivity index (χ0n) is 21.3. The summed E-state index contributed by atoms with van der Waals surface area (Å²) < 4.78 is 9.82. The van der Waals surface area contributed by atoms with Crippen LogP contribution in [0.3, 0.4) is 0 Å². The van der Waals surface area contributed by atoms with Gasteiger partial charge >= 0.3 is 0 Å². The fraction of sp³-hybridized carbons (Fsp3) is 0.286. The summed E-state index contributed by atoms with van der Waals surface area (Å²) in [6.45, 7) is 2.93. The average molecular weight is 469 g/mol. The Morgan fingerprint density at radius 1 is 0.971 bits per heavy atom. The molecule has 0 aliphatic heterocycles. The van der Waals surface area contributed by atoms with E-state index in [-0.39, 0.29) is 0 Å². The van der Waals surface area contributed by atoms with Gasteiger partial charge in [0, 0.05) is 80.3 Å². The maximum absolute atomic E-state index is 5.44. The second-order valence-electron chi connectivity index (χ2n) is 9.18. The summed E-state index contributed by atoms with van der Waals surface area (Å²) in [5.74, 6) is 2.45. The first-order valence-electron chi connectivity index (χ1n) is 11.8. The maximum Gasteiger partial charge on any atom is 0.227 e. The molecule has 7 nitrogen and oxygen atoms in total. The van der Waals surface area contributed by atoms with Gasteiger partial charge < -0.3 is 23.7 Å². The highest BCUT2D eigenvalue weighted by Crippen LogP contribution is 2.29. The van der Waals surface area contributed by atoms with Crippen LogP contribution >= 0.6 is 0 Å². The third-order valence-corrected chi connectivity index (χ3v) is 6.96. The van der Waals surface area contributed by atoms with Gasteiger partial charge in [0.1, 0.15) is 11.6 Å². The third-order valence-electron chi connectivity index (χ3n) is 6.96. The van der Waals surface area contributed by atoms with E-state index in [1.165, 1.54) is 33.1 Å². The first-order chi connectivity index (χ1) is 16.9. The lowest BCUT2D eigenvalue weighted by Crippen LogP contribution is -2.23. The van der Waals surface area contributed by atoms with Crippen molar-refractivity contribution in [2.75, 3.05) is 37.5 Å². The number of fused-ring (bicyclic) bond motifs is 2. The fourth-order valence-corrected chi connectivity index (χ4v) is 4.69. The lowest BCUT2D eigenvalue weighted by atomic mass is 10.1. The highest BCUT2D eigenvalue weighted by Gasteiger charge is 2.13. The van der Waals surface area contributed by atoms with Gasteiger partial charge in [-0.3, -0.25) is 0 Å². The minimum atomic E-state index is 0.712. The van der Waals surface area contributed by atoms with Crippen LogP contribution in [0.5, 0.6) is 5.75 Å². The molecule has 0 spiro atoms. The van der Waals surface area contributed by atoms with Crippen LogP contribution in [0.15, 0.2) is 60.9 Å². The summed E-state index contributed by atoms with van der Waals surface area (Å²) in [7, 11) is 9.98. The fourth-order valence-electron chi connectivity index (χ4n) is 4.69. The molecule has 0 N–H and O–H groups in total. The van der Waals surface area contributed by atoms with Gasteiger partial charge in [-0.25, -0.2) is 4.98 Å². The van der Waals surface area contributed by atoms with E-state index >= 15 is 0 Å². The van der Waals surface area contributed by atoms with Gasteiger partial charge in [0.05, 0.1) is 7.11 Å². The maximum atomic E-state index is 5.44. The lowest BCUT2D eigenvalue weighted by molar-refractivity contribution is 0.415. The van der Waals surface area contributed by atoms with Gasteiger partial charge in [-0.15, -0.1) is 0 Å². The third kappa shape index (κ3) is 4.18. The van der Waals surface area contributed by atoms with E-state index in [4.69, 9.17) is 9.72 Å². The Hall–Kier alpha value is -4.00. The molecule has 5 rings (SSSR count). The number of methoxy groups -OCH3 is 1. The Bertz CT molecular complexity index is 1520. The zero-order chi connectivity index (χ0) is 24.7. The van der Waals surface area contributed by atoms with Crippen LogP contribution in [0, 0.1) is 6.92 Å². The van der Waals surface area contributed by atoms with Crippen LogP contribution in [0.1, 0.15) is 11.3 Å². The van der Waals surface area contributed by atoms with Gasteiger partial charge in [0.25, 0.3) is 0 Å². The SMILES string of the molecule is COc1ccc2c(c1)c(CCN(C)c1nccc(N(C)c3ccc4c(c3)cc(C)n4C)n1)cn2C. The zero-order valence-corrected chi connectivity index (χ0v) is 21.3. The van der Waals surface area contributed by atoms with Crippen molar-refractivity contribution in [1.82, 2.24) is 19.1 Å². The number of likely N-dealkylation sites (N-methyl/N-ethyl adjacent to an activating group) is 1. The van der Waals surface area contributed by atoms with Gasteiger partial charge in [-0.1, -0.05) is 0 Å². The quantitative estimate of drug-likeness (QED) is 0.328. The van der Waals surface area contributed by atoms with Crippen molar-refractivity contribution in [3.8, 4) is 5.75 Å². The Morgan fingerprint density at radius 2 is 1.77 bits per heavy atom. The Labute approximate surface area is 206 Å². The predicted octanol–water partition coefficient (Wildman–Crippen LogP) is 5.22. The number of anilines is 3. The molecule has 0 fully saturated rings. The molecule has 7 heteroatoms. The van der Waals surface area contributed by atoms with Gasteiger partial charge in [0.2, 0.25) is 5.95 Å². The second-order valence-corrected chi connectivity index (χ2v) is 9.18. The van der Waals surface area contributed by atoms with Crippen LogP contribution < -0.4 is 14.5 Å². The van der Waals surface area contributed by atoms with E-state index in [2.05, 4.69) is 87.5 Å². The molecule has 3 aromatic heterocycles. The van der Waals surface area contributed by atoms with E-state index in [1.807, 2.05) is 32.4 Å². The van der Waals surface area contributed by atoms with E-state index < -0.39 is 0 Å². The van der Waals surface area contributed by atoms with Crippen molar-refractivity contribution >= 4 is 39.3 Å². The summed E-state index contributed by atoms with van der Waals surface area (Å²) in [4.78, 5) is 13.6. The Morgan fingerprint density at radius 3 is 2.57 bits per heavy atom. The summed E-state index contributed by atoms with van der Waals surface area (Å²) in [6.07, 6.45) is 4.91. The van der Waals surface area contributed by atoms with E-state index in [0.717, 1.165) is 30.2 Å². The molecule has 0 saturated heterocycles. The van der Waals surface area contributed by atoms with E-state index in [0.29, 0.717) is 5.95 Å². The number of aryl methyl sites for hydroxylation is 3. The van der Waals surface area contributed by atoms with Crippen molar-refractivity contribution < 1.29 is 4.74 Å². The van der Waals surface area contributed by atoms with Gasteiger partial charge in [-0.05, 0) is 67.4 Å². The molecule has 0 aliphatic carbocycles. The summed E-state index contributed by atoms with van der Waals surface area (Å²) in [5, 5.41) is 2.45. The van der Waals surface area contributed by atoms with Crippen LogP contribution in [0.25, 0.3) is 21.8 Å². The molecule has 0 radical (unpaired) electrons. The highest BCUT2D eigenvalue weighted by atomic mass is 16.5. The molecule has 5 aromatic rings. The van der Waals surface area contributed by atoms with Crippen LogP contribution in [-0.2, 0) is 20.5 Å². The van der Waals surface area contributed by atoms with Crippen LogP contribution in [-0.4, -0.2) is 46.9 Å². The number of nitrogens with zero attached hydrogens (tertiary/aromatic N) is 6. The molecular formula is C28H32N6O. The first-order valence-corrected chi connectivity index (χ1v) is 11.8. The molecule has 0 aliphatic rings. The van der Waals surface area contributed by atoms with Crippen molar-refractivity contribution in [2.45, 2.75) is 13.3 Å². The second kappa shape index (κ2) is 8.98. The number of rotatable bonds is 7. The molecule has 0 saturated carbocycles. The van der Waals surface area contributed by atoms with Crippen molar-refractivity contribution in [3.05, 3.63) is 72.2 Å². The summed E-state index contributed by atoms with van der Waals surface area (Å²) >= 11 is 0. The Balaban J connectivity index is 1.34. The van der Waals surface area contributed by atoms with E-state index in [1.54, 1.807) is 7.11 Å². The normalized spacial score (nSPS) is 11.4. The standard InChI is InChI=1S/C28H32N6O/c1-19-15-21-16-22(7-9-25(21)33(19)4)34(5)27-11-13-29-28(30-27)31(2)14-12-20-18-32(3)26-10-8-23(35-6)17-24(20)26/h7-11,13,15-18H,12,14H2,1-6H3. The Kier molecular flexibility index (Phi) is 5.84. The van der Waals surface area contributed by atoms with Crippen LogP contribution in [0.4, 0.5) is 17.5 Å². The van der Waals surface area contributed by atoms with Crippen molar-refractivity contribution in [1.29, 1.82) is 0 Å². The minimum absolute atomic E-state index is 0.712. The van der Waals surface area contributed by atoms with E-state index in [9.17, 15) is 0 Å². The molecule has 0 atom stereocenters. The number of hydrogen-bond donors (Lipinski definition) is 0. The number of aromatic nitrogens is 4. The number of benzene rings is 2. The summed E-state index contributed by atoms with van der Waals surface area (Å²) in [6, 6.07) is 16.9. The number of hydrogen-bond acceptors (Lipinski definition) is 5. The molecule has 180 valence electrons. The summed E-state index contributed by atoms with van der Waals surface area (Å²) in [5.41, 5.74) is 6.06. The molecule has 0 amide bonds. The molecule has 0 unspecified atom stereocenters. The molecule has 35 heavy (non-hydrogen) atoms. The molecule has 3 heterocycles. The van der Waals surface area contributed by atoms with Crippen molar-refractivity contribution in [2.24, 2.45) is 14.1 Å². The van der Waals surface area contributed by atoms with Crippen LogP contribution in [0.2, 0.25) is 0 Å². The smallest absolute Gasteiger partial charge is 0.227 e. The van der Waals surface area contributed by atoms with Crippen molar-refractivity contribution in [3.63, 3.8) is 0 Å². The van der Waals surface area contributed by atoms with Gasteiger partial charge in [-0.2, -0.15) is 4.98 Å². The molecule has 0 bridgehead atoms. The average Bonchev–Trinajstić information content (AvgIpc) is 3.35. The topological polar surface area (TPSA) is 51.4 Å². The number of ether oxygens (including phenoxy) is 1. The first kappa shape index (κ1) is 22.8. The van der Waals surface area contributed by atoms with Gasteiger partial charge in [0.15, 0.2) is 0 Å². The largest absolute Gasteiger partial charge is 0.497 e.